The molecule has 1 atom stereocenters. The topological polar surface area (TPSA) is 35.6 Å². The van der Waals surface area contributed by atoms with Gasteiger partial charge in [0.05, 0.1) is 12.2 Å². The van der Waals surface area contributed by atoms with Gasteiger partial charge >= 0.3 is 0 Å². The Morgan fingerprint density at radius 3 is 2.64 bits per heavy atom. The van der Waals surface area contributed by atoms with Crippen molar-refractivity contribution in [1.82, 2.24) is 15.1 Å². The molecule has 14 heavy (non-hydrogen) atoms. The molecule has 2 fully saturated rings. The molecule has 0 aromatic heterocycles. The van der Waals surface area contributed by atoms with Crippen molar-refractivity contribution in [3.8, 4) is 0 Å². The van der Waals surface area contributed by atoms with E-state index in [4.69, 9.17) is 0 Å². The lowest BCUT2D eigenvalue weighted by Gasteiger charge is -2.25. The largest absolute Gasteiger partial charge is 0.327 e. The number of hydrogen-bond acceptors (Lipinski definition) is 3. The van der Waals surface area contributed by atoms with Gasteiger partial charge in [-0.15, -0.1) is 0 Å². The van der Waals surface area contributed by atoms with Crippen molar-refractivity contribution in [2.45, 2.75) is 31.3 Å². The van der Waals surface area contributed by atoms with Gasteiger partial charge in [-0.3, -0.25) is 10.1 Å². The van der Waals surface area contributed by atoms with Crippen LogP contribution in [-0.2, 0) is 4.79 Å². The fraction of sp³-hybridized carbons (Fsp3) is 0.900. The Morgan fingerprint density at radius 1 is 1.57 bits per heavy atom. The van der Waals surface area contributed by atoms with E-state index in [1.165, 1.54) is 0 Å². The molecule has 4 heteroatoms. The minimum absolute atomic E-state index is 0.133. The zero-order chi connectivity index (χ0) is 10.3. The predicted octanol–water partition coefficient (Wildman–Crippen LogP) is -0.142. The summed E-state index contributed by atoms with van der Waals surface area (Å²) in [7, 11) is 4.09. The van der Waals surface area contributed by atoms with Gasteiger partial charge in [-0.05, 0) is 33.9 Å². The average Bonchev–Trinajstić information content (AvgIpc) is 2.85. The molecule has 1 aliphatic heterocycles. The molecule has 2 rings (SSSR count). The van der Waals surface area contributed by atoms with Crippen LogP contribution in [0.4, 0.5) is 0 Å². The van der Waals surface area contributed by atoms with Crippen LogP contribution in [0.3, 0.4) is 0 Å². The molecule has 2 aliphatic rings. The number of hydrogen-bond donors (Lipinski definition) is 1. The molecule has 0 aromatic carbocycles. The van der Waals surface area contributed by atoms with E-state index in [1.807, 2.05) is 19.0 Å². The lowest BCUT2D eigenvalue weighted by molar-refractivity contribution is -0.130. The minimum Gasteiger partial charge on any atom is -0.327 e. The van der Waals surface area contributed by atoms with Gasteiger partial charge in [0, 0.05) is 12.6 Å². The fourth-order valence-electron chi connectivity index (χ4n) is 1.84. The molecule has 1 N–H and O–H groups in total. The number of carbonyl (C=O) groups excluding carboxylic acids is 1. The zero-order valence-corrected chi connectivity index (χ0v) is 9.21. The van der Waals surface area contributed by atoms with Crippen LogP contribution < -0.4 is 5.32 Å². The quantitative estimate of drug-likeness (QED) is 0.684. The average molecular weight is 197 g/mol. The van der Waals surface area contributed by atoms with Gasteiger partial charge in [-0.25, -0.2) is 0 Å². The minimum atomic E-state index is -0.133. The van der Waals surface area contributed by atoms with Crippen molar-refractivity contribution in [3.05, 3.63) is 0 Å². The first-order chi connectivity index (χ1) is 6.55. The van der Waals surface area contributed by atoms with Crippen molar-refractivity contribution in [2.24, 2.45) is 0 Å². The van der Waals surface area contributed by atoms with Crippen molar-refractivity contribution < 1.29 is 4.79 Å². The summed E-state index contributed by atoms with van der Waals surface area (Å²) in [6, 6.07) is 0.426. The zero-order valence-electron chi connectivity index (χ0n) is 9.21. The summed E-state index contributed by atoms with van der Waals surface area (Å²) >= 11 is 0. The highest BCUT2D eigenvalue weighted by molar-refractivity contribution is 5.91. The monoisotopic (exact) mass is 197 g/mol. The fourth-order valence-corrected chi connectivity index (χ4v) is 1.84. The highest BCUT2D eigenvalue weighted by Crippen LogP contribution is 2.40. The van der Waals surface area contributed by atoms with Crippen molar-refractivity contribution in [3.63, 3.8) is 0 Å². The Balaban J connectivity index is 1.91. The van der Waals surface area contributed by atoms with Gasteiger partial charge in [0.2, 0.25) is 5.91 Å². The maximum absolute atomic E-state index is 11.9. The third-order valence-electron chi connectivity index (χ3n) is 3.42. The number of carbonyl (C=O) groups is 1. The number of amides is 1. The van der Waals surface area contributed by atoms with E-state index in [-0.39, 0.29) is 5.54 Å². The predicted molar refractivity (Wildman–Crippen MR) is 54.8 cm³/mol. The molecule has 0 aromatic rings. The van der Waals surface area contributed by atoms with Crippen LogP contribution in [0.1, 0.15) is 19.8 Å². The lowest BCUT2D eigenvalue weighted by atomic mass is 10.2. The second-order valence-electron chi connectivity index (χ2n) is 4.76. The van der Waals surface area contributed by atoms with E-state index in [1.54, 1.807) is 0 Å². The van der Waals surface area contributed by atoms with Gasteiger partial charge in [0.15, 0.2) is 0 Å². The number of nitrogens with zero attached hydrogens (tertiary/aromatic N) is 2. The van der Waals surface area contributed by atoms with E-state index >= 15 is 0 Å². The SMILES string of the molecule is CC(CN1CNC2(CC2)C1=O)N(C)C. The summed E-state index contributed by atoms with van der Waals surface area (Å²) in [5.41, 5.74) is -0.133. The number of nitrogens with one attached hydrogen (secondary N) is 1. The van der Waals surface area contributed by atoms with E-state index in [0.717, 1.165) is 26.1 Å². The van der Waals surface area contributed by atoms with Crippen LogP contribution in [0.25, 0.3) is 0 Å². The van der Waals surface area contributed by atoms with Crippen LogP contribution in [0.2, 0.25) is 0 Å². The Bertz CT molecular complexity index is 248. The van der Waals surface area contributed by atoms with E-state index in [0.29, 0.717) is 11.9 Å². The number of likely N-dealkylation sites (N-methyl/N-ethyl adjacent to an activating group) is 1. The molecular weight excluding hydrogens is 178 g/mol. The van der Waals surface area contributed by atoms with Crippen LogP contribution in [0.5, 0.6) is 0 Å². The molecule has 0 bridgehead atoms. The Morgan fingerprint density at radius 2 is 2.21 bits per heavy atom. The standard InChI is InChI=1S/C10H19N3O/c1-8(12(2)3)6-13-7-11-10(4-5-10)9(13)14/h8,11H,4-7H2,1-3H3. The molecule has 1 unspecified atom stereocenters. The Hall–Kier alpha value is -0.610. The first kappa shape index (κ1) is 9.93. The van der Waals surface area contributed by atoms with Gasteiger partial charge in [0.1, 0.15) is 0 Å². The molecular formula is C10H19N3O. The summed E-state index contributed by atoms with van der Waals surface area (Å²) in [5.74, 6) is 0.311. The highest BCUT2D eigenvalue weighted by atomic mass is 16.2. The van der Waals surface area contributed by atoms with Gasteiger partial charge < -0.3 is 9.80 Å². The van der Waals surface area contributed by atoms with Crippen molar-refractivity contribution >= 4 is 5.91 Å². The second-order valence-corrected chi connectivity index (χ2v) is 4.76. The normalized spacial score (nSPS) is 26.3. The van der Waals surface area contributed by atoms with E-state index < -0.39 is 0 Å². The van der Waals surface area contributed by atoms with Gasteiger partial charge in [0.25, 0.3) is 0 Å². The van der Waals surface area contributed by atoms with Gasteiger partial charge in [-0.2, -0.15) is 0 Å². The van der Waals surface area contributed by atoms with Crippen LogP contribution >= 0.6 is 0 Å². The molecule has 1 amide bonds. The molecule has 0 radical (unpaired) electrons. The summed E-state index contributed by atoms with van der Waals surface area (Å²) in [4.78, 5) is 16.0. The van der Waals surface area contributed by atoms with E-state index in [9.17, 15) is 4.79 Å². The van der Waals surface area contributed by atoms with Crippen molar-refractivity contribution in [2.75, 3.05) is 27.3 Å². The second kappa shape index (κ2) is 3.21. The van der Waals surface area contributed by atoms with E-state index in [2.05, 4.69) is 17.1 Å². The summed E-state index contributed by atoms with van der Waals surface area (Å²) in [6.07, 6.45) is 2.05. The summed E-state index contributed by atoms with van der Waals surface area (Å²) < 4.78 is 0. The molecule has 1 saturated heterocycles. The first-order valence-corrected chi connectivity index (χ1v) is 5.26. The van der Waals surface area contributed by atoms with Crippen LogP contribution in [0.15, 0.2) is 0 Å². The number of rotatable bonds is 3. The molecule has 1 saturated carbocycles. The maximum Gasteiger partial charge on any atom is 0.244 e. The molecule has 80 valence electrons. The van der Waals surface area contributed by atoms with Crippen molar-refractivity contribution in [1.29, 1.82) is 0 Å². The summed E-state index contributed by atoms with van der Waals surface area (Å²) in [6.45, 7) is 3.71. The third-order valence-corrected chi connectivity index (χ3v) is 3.42. The third kappa shape index (κ3) is 1.53. The van der Waals surface area contributed by atoms with Gasteiger partial charge in [-0.1, -0.05) is 0 Å². The van der Waals surface area contributed by atoms with Crippen LogP contribution in [0, 0.1) is 0 Å². The highest BCUT2D eigenvalue weighted by Gasteiger charge is 2.55. The molecule has 1 aliphatic carbocycles. The Kier molecular flexibility index (Phi) is 2.27. The molecule has 1 spiro atoms. The molecule has 1 heterocycles. The maximum atomic E-state index is 11.9. The first-order valence-electron chi connectivity index (χ1n) is 5.26. The summed E-state index contributed by atoms with van der Waals surface area (Å²) in [5, 5.41) is 3.31. The van der Waals surface area contributed by atoms with Crippen LogP contribution in [-0.4, -0.2) is 54.6 Å². The lowest BCUT2D eigenvalue weighted by Crippen LogP contribution is -2.40. The Labute approximate surface area is 85.2 Å². The smallest absolute Gasteiger partial charge is 0.244 e. The molecule has 4 nitrogen and oxygen atoms in total.